The van der Waals surface area contributed by atoms with Crippen LogP contribution in [0.25, 0.3) is 6.08 Å². The molecule has 0 radical (unpaired) electrons. The van der Waals surface area contributed by atoms with Crippen LogP contribution in [0.2, 0.25) is 0 Å². The van der Waals surface area contributed by atoms with Crippen LogP contribution < -0.4 is 10.0 Å². The number of anilines is 2. The van der Waals surface area contributed by atoms with Crippen LogP contribution in [0.1, 0.15) is 36.3 Å². The smallest absolute Gasteiger partial charge is 0.416 e. The largest absolute Gasteiger partial charge is 0.461 e. The lowest BCUT2D eigenvalue weighted by molar-refractivity contribution is -0.137. The first-order valence-electron chi connectivity index (χ1n) is 8.70. The number of alkyl halides is 3. The van der Waals surface area contributed by atoms with E-state index in [4.69, 9.17) is 4.42 Å². The van der Waals surface area contributed by atoms with E-state index >= 15 is 0 Å². The highest BCUT2D eigenvalue weighted by atomic mass is 32.2. The molecule has 0 saturated heterocycles. The van der Waals surface area contributed by atoms with Gasteiger partial charge in [-0.3, -0.25) is 9.52 Å². The van der Waals surface area contributed by atoms with E-state index in [1.54, 1.807) is 6.07 Å². The van der Waals surface area contributed by atoms with Crippen molar-refractivity contribution >= 4 is 33.4 Å². The van der Waals surface area contributed by atoms with Crippen molar-refractivity contribution in [2.45, 2.75) is 25.4 Å². The minimum Gasteiger partial charge on any atom is -0.461 e. The molecule has 2 aromatic rings. The fourth-order valence-electron chi connectivity index (χ4n) is 2.82. The van der Waals surface area contributed by atoms with E-state index in [1.807, 2.05) is 6.07 Å². The molecule has 1 fully saturated rings. The Morgan fingerprint density at radius 3 is 2.48 bits per heavy atom. The van der Waals surface area contributed by atoms with Gasteiger partial charge in [0.25, 0.3) is 0 Å². The summed E-state index contributed by atoms with van der Waals surface area (Å²) in [6, 6.07) is 5.86. The molecule has 3 rings (SSSR count). The fourth-order valence-corrected chi connectivity index (χ4v) is 3.40. The van der Waals surface area contributed by atoms with Crippen LogP contribution in [0.5, 0.6) is 0 Å². The molecule has 2 atom stereocenters. The molecule has 0 aliphatic heterocycles. The second-order valence-electron chi connectivity index (χ2n) is 7.01. The van der Waals surface area contributed by atoms with Gasteiger partial charge in [-0.2, -0.15) is 13.2 Å². The number of halogens is 3. The summed E-state index contributed by atoms with van der Waals surface area (Å²) >= 11 is 0. The molecule has 1 aliphatic rings. The van der Waals surface area contributed by atoms with Crippen molar-refractivity contribution < 1.29 is 30.8 Å². The van der Waals surface area contributed by atoms with Crippen molar-refractivity contribution in [3.8, 4) is 0 Å². The highest BCUT2D eigenvalue weighted by Gasteiger charge is 2.36. The van der Waals surface area contributed by atoms with Gasteiger partial charge in [-0.15, -0.1) is 0 Å². The first kappa shape index (κ1) is 21.0. The molecule has 6 nitrogen and oxygen atoms in total. The maximum Gasteiger partial charge on any atom is 0.416 e. The Kier molecular flexibility index (Phi) is 5.48. The van der Waals surface area contributed by atoms with Crippen LogP contribution in [-0.4, -0.2) is 20.6 Å². The van der Waals surface area contributed by atoms with Gasteiger partial charge < -0.3 is 9.73 Å². The average Bonchev–Trinajstić information content (AvgIpc) is 3.13. The third kappa shape index (κ3) is 5.63. The normalized spacial score (nSPS) is 19.3. The Bertz CT molecular complexity index is 1060. The van der Waals surface area contributed by atoms with E-state index in [2.05, 4.69) is 17.0 Å². The van der Waals surface area contributed by atoms with Crippen molar-refractivity contribution in [3.63, 3.8) is 0 Å². The number of carbonyl (C=O) groups excluding carboxylic acids is 1. The molecular formula is C19H19F3N2O4S. The van der Waals surface area contributed by atoms with Crippen LogP contribution in [0.3, 0.4) is 0 Å². The lowest BCUT2D eigenvalue weighted by atomic mass is 10.1. The summed E-state index contributed by atoms with van der Waals surface area (Å²) in [6.07, 6.45) is -0.260. The van der Waals surface area contributed by atoms with Gasteiger partial charge in [0.15, 0.2) is 0 Å². The van der Waals surface area contributed by atoms with Gasteiger partial charge in [0, 0.05) is 12.0 Å². The molecule has 10 heteroatoms. The van der Waals surface area contributed by atoms with Crippen molar-refractivity contribution in [1.29, 1.82) is 0 Å². The summed E-state index contributed by atoms with van der Waals surface area (Å²) < 4.78 is 69.5. The van der Waals surface area contributed by atoms with E-state index in [-0.39, 0.29) is 11.4 Å². The molecule has 2 N–H and O–H groups in total. The third-order valence-electron chi connectivity index (χ3n) is 4.42. The van der Waals surface area contributed by atoms with Crippen LogP contribution in [0.4, 0.5) is 24.5 Å². The zero-order chi connectivity index (χ0) is 21.4. The third-order valence-corrected chi connectivity index (χ3v) is 5.01. The van der Waals surface area contributed by atoms with Gasteiger partial charge in [0.1, 0.15) is 11.5 Å². The molecule has 1 aromatic heterocycles. The van der Waals surface area contributed by atoms with Crippen LogP contribution in [-0.2, 0) is 21.0 Å². The Morgan fingerprint density at radius 2 is 1.90 bits per heavy atom. The number of nitrogens with one attached hydrogen (secondary N) is 2. The number of rotatable bonds is 6. The molecule has 0 bridgehead atoms. The average molecular weight is 428 g/mol. The molecule has 1 saturated carbocycles. The molecule has 1 heterocycles. The summed E-state index contributed by atoms with van der Waals surface area (Å²) in [5.74, 6) is 1.46. The molecule has 2 unspecified atom stereocenters. The van der Waals surface area contributed by atoms with Crippen LogP contribution in [0.15, 0.2) is 40.8 Å². The first-order valence-corrected chi connectivity index (χ1v) is 10.6. The molecular weight excluding hydrogens is 409 g/mol. The lowest BCUT2D eigenvalue weighted by Gasteiger charge is -2.14. The number of furan rings is 1. The van der Waals surface area contributed by atoms with E-state index in [0.29, 0.717) is 23.7 Å². The van der Waals surface area contributed by atoms with Gasteiger partial charge in [-0.05, 0) is 48.7 Å². The number of carbonyl (C=O) groups is 1. The van der Waals surface area contributed by atoms with E-state index in [1.165, 1.54) is 6.08 Å². The minimum atomic E-state index is -4.65. The van der Waals surface area contributed by atoms with Gasteiger partial charge in [0.2, 0.25) is 15.9 Å². The van der Waals surface area contributed by atoms with Gasteiger partial charge in [-0.1, -0.05) is 6.92 Å². The zero-order valence-electron chi connectivity index (χ0n) is 15.6. The Labute approximate surface area is 165 Å². The van der Waals surface area contributed by atoms with Crippen LogP contribution in [0, 0.1) is 5.92 Å². The Balaban J connectivity index is 1.77. The highest BCUT2D eigenvalue weighted by Crippen LogP contribution is 2.47. The predicted octanol–water partition coefficient (Wildman–Crippen LogP) is 4.45. The number of sulfonamides is 1. The van der Waals surface area contributed by atoms with Crippen molar-refractivity contribution in [3.05, 3.63) is 53.5 Å². The standard InChI is InChI=1S/C19H19F3N2O4S/c1-11-9-14(11)17-7-4-13(28-17)5-8-18(25)23-16-10-12(19(20,21)22)3-6-15(16)24-29(2,26)27/h3-8,10-11,14,24H,9H2,1-2H3,(H,23,25)/b8-5+. The van der Waals surface area contributed by atoms with E-state index in [0.717, 1.165) is 36.6 Å². The molecule has 29 heavy (non-hydrogen) atoms. The number of hydrogen-bond donors (Lipinski definition) is 2. The summed E-state index contributed by atoms with van der Waals surface area (Å²) in [5, 5.41) is 2.27. The lowest BCUT2D eigenvalue weighted by Crippen LogP contribution is -2.16. The van der Waals surface area contributed by atoms with Gasteiger partial charge in [0.05, 0.1) is 23.2 Å². The summed E-state index contributed by atoms with van der Waals surface area (Å²) in [6.45, 7) is 2.10. The fraction of sp³-hybridized carbons (Fsp3) is 0.316. The summed E-state index contributed by atoms with van der Waals surface area (Å²) in [5.41, 5.74) is -1.51. The molecule has 1 aliphatic carbocycles. The maximum atomic E-state index is 13.0. The molecule has 1 amide bonds. The zero-order valence-corrected chi connectivity index (χ0v) is 16.4. The molecule has 1 aromatic carbocycles. The Hall–Kier alpha value is -2.75. The number of amides is 1. The van der Waals surface area contributed by atoms with E-state index in [9.17, 15) is 26.4 Å². The second kappa shape index (κ2) is 7.58. The monoisotopic (exact) mass is 428 g/mol. The highest BCUT2D eigenvalue weighted by molar-refractivity contribution is 7.92. The van der Waals surface area contributed by atoms with Crippen molar-refractivity contribution in [2.24, 2.45) is 5.92 Å². The Morgan fingerprint density at radius 1 is 1.21 bits per heavy atom. The van der Waals surface area contributed by atoms with Crippen molar-refractivity contribution in [1.82, 2.24) is 0 Å². The summed E-state index contributed by atoms with van der Waals surface area (Å²) in [4.78, 5) is 12.2. The first-order chi connectivity index (χ1) is 13.4. The molecule has 0 spiro atoms. The second-order valence-corrected chi connectivity index (χ2v) is 8.76. The topological polar surface area (TPSA) is 88.4 Å². The SMILES string of the molecule is CC1CC1c1ccc(/C=C/C(=O)Nc2cc(C(F)(F)F)ccc2NS(C)(=O)=O)o1. The predicted molar refractivity (Wildman–Crippen MR) is 103 cm³/mol. The minimum absolute atomic E-state index is 0.176. The molecule has 156 valence electrons. The summed E-state index contributed by atoms with van der Waals surface area (Å²) in [7, 11) is -3.76. The quantitative estimate of drug-likeness (QED) is 0.666. The van der Waals surface area contributed by atoms with Crippen molar-refractivity contribution in [2.75, 3.05) is 16.3 Å². The maximum absolute atomic E-state index is 13.0. The van der Waals surface area contributed by atoms with Crippen LogP contribution >= 0.6 is 0 Å². The van der Waals surface area contributed by atoms with Gasteiger partial charge in [-0.25, -0.2) is 8.42 Å². The van der Waals surface area contributed by atoms with Gasteiger partial charge >= 0.3 is 6.18 Å². The van der Waals surface area contributed by atoms with E-state index < -0.39 is 27.7 Å². The number of hydrogen-bond acceptors (Lipinski definition) is 4. The number of benzene rings is 1.